The number of aromatic nitrogens is 1. The van der Waals surface area contributed by atoms with Gasteiger partial charge in [-0.2, -0.15) is 0 Å². The first kappa shape index (κ1) is 12.7. The van der Waals surface area contributed by atoms with Crippen LogP contribution in [-0.4, -0.2) is 22.2 Å². The van der Waals surface area contributed by atoms with E-state index in [-0.39, 0.29) is 18.3 Å². The third-order valence-corrected chi connectivity index (χ3v) is 2.66. The molecule has 86 valence electrons. The predicted octanol–water partition coefficient (Wildman–Crippen LogP) is 1.50. The fourth-order valence-corrected chi connectivity index (χ4v) is 1.57. The monoisotopic (exact) mass is 240 g/mol. The molecule has 5 heteroatoms. The lowest BCUT2D eigenvalue weighted by molar-refractivity contribution is -0.115. The summed E-state index contributed by atoms with van der Waals surface area (Å²) in [5.74, 6) is 0.296. The van der Waals surface area contributed by atoms with Crippen LogP contribution in [0, 0.1) is 0 Å². The Morgan fingerprint density at radius 2 is 2.06 bits per heavy atom. The average Bonchev–Trinajstić information content (AvgIpc) is 2.45. The molecule has 0 aliphatic carbocycles. The molecule has 0 saturated heterocycles. The number of amides is 1. The van der Waals surface area contributed by atoms with Crippen molar-refractivity contribution >= 4 is 24.1 Å². The van der Waals surface area contributed by atoms with Crippen molar-refractivity contribution in [1.82, 2.24) is 4.98 Å². The highest BCUT2D eigenvalue weighted by Gasteiger charge is 2.34. The summed E-state index contributed by atoms with van der Waals surface area (Å²) in [5, 5.41) is 9.86. The fourth-order valence-electron chi connectivity index (χ4n) is 1.57. The van der Waals surface area contributed by atoms with E-state index in [9.17, 15) is 9.90 Å². The molecule has 0 saturated carbocycles. The van der Waals surface area contributed by atoms with Crippen molar-refractivity contribution in [3.8, 4) is 0 Å². The maximum atomic E-state index is 11.8. The molecule has 0 aromatic carbocycles. The summed E-state index contributed by atoms with van der Waals surface area (Å²) in [4.78, 5) is 17.1. The van der Waals surface area contributed by atoms with E-state index in [4.69, 9.17) is 0 Å². The van der Waals surface area contributed by atoms with Crippen LogP contribution >= 0.6 is 12.4 Å². The second-order valence-electron chi connectivity index (χ2n) is 3.54. The van der Waals surface area contributed by atoms with Gasteiger partial charge in [0.1, 0.15) is 5.82 Å². The van der Waals surface area contributed by atoms with Crippen molar-refractivity contribution in [2.45, 2.75) is 20.1 Å². The van der Waals surface area contributed by atoms with Crippen LogP contribution in [0.15, 0.2) is 35.5 Å². The van der Waals surface area contributed by atoms with Gasteiger partial charge in [-0.15, -0.1) is 12.4 Å². The quantitative estimate of drug-likeness (QED) is 0.810. The maximum absolute atomic E-state index is 11.8. The van der Waals surface area contributed by atoms with E-state index in [0.717, 1.165) is 0 Å². The number of carbonyl (C=O) groups excluding carboxylic acids is 1. The highest BCUT2D eigenvalue weighted by Crippen LogP contribution is 2.27. The standard InChI is InChI=1S/C11H12N2O2.ClH/c1-7-8(2)11(15)13(10(7)14)9-5-3-4-6-12-9;/h3-6,10,14H,1-2H3;1H. The number of hydrogen-bond donors (Lipinski definition) is 1. The van der Waals surface area contributed by atoms with Gasteiger partial charge >= 0.3 is 0 Å². The van der Waals surface area contributed by atoms with Crippen LogP contribution in [0.1, 0.15) is 13.8 Å². The summed E-state index contributed by atoms with van der Waals surface area (Å²) < 4.78 is 0. The third-order valence-electron chi connectivity index (χ3n) is 2.66. The number of carbonyl (C=O) groups is 1. The largest absolute Gasteiger partial charge is 0.369 e. The number of pyridine rings is 1. The van der Waals surface area contributed by atoms with E-state index in [1.807, 2.05) is 0 Å². The Kier molecular flexibility index (Phi) is 3.67. The summed E-state index contributed by atoms with van der Waals surface area (Å²) in [6, 6.07) is 5.25. The molecule has 2 rings (SSSR count). The molecule has 1 N–H and O–H groups in total. The smallest absolute Gasteiger partial charge is 0.257 e. The summed E-state index contributed by atoms with van der Waals surface area (Å²) >= 11 is 0. The van der Waals surface area contributed by atoms with Gasteiger partial charge in [-0.05, 0) is 31.6 Å². The molecule has 1 unspecified atom stereocenters. The molecule has 0 spiro atoms. The molecular formula is C11H13ClN2O2. The zero-order valence-corrected chi connectivity index (χ0v) is 9.86. The molecular weight excluding hydrogens is 228 g/mol. The minimum absolute atomic E-state index is 0. The van der Waals surface area contributed by atoms with Crippen LogP contribution in [-0.2, 0) is 4.79 Å². The normalized spacial score (nSPS) is 20.1. The van der Waals surface area contributed by atoms with Crippen molar-refractivity contribution < 1.29 is 9.90 Å². The molecule has 1 amide bonds. The van der Waals surface area contributed by atoms with Gasteiger partial charge in [0.15, 0.2) is 6.23 Å². The summed E-state index contributed by atoms with van der Waals surface area (Å²) in [5.41, 5.74) is 1.28. The van der Waals surface area contributed by atoms with Crippen molar-refractivity contribution in [3.63, 3.8) is 0 Å². The number of halogens is 1. The molecule has 16 heavy (non-hydrogen) atoms. The topological polar surface area (TPSA) is 53.4 Å². The lowest BCUT2D eigenvalue weighted by atomic mass is 10.2. The van der Waals surface area contributed by atoms with Gasteiger partial charge in [0, 0.05) is 11.8 Å². The van der Waals surface area contributed by atoms with Crippen molar-refractivity contribution in [1.29, 1.82) is 0 Å². The molecule has 0 fully saturated rings. The second kappa shape index (κ2) is 4.63. The Morgan fingerprint density at radius 3 is 2.50 bits per heavy atom. The van der Waals surface area contributed by atoms with Crippen LogP contribution in [0.5, 0.6) is 0 Å². The summed E-state index contributed by atoms with van der Waals surface area (Å²) in [6.07, 6.45) is 0.714. The van der Waals surface area contributed by atoms with Crippen molar-refractivity contribution in [2.75, 3.05) is 4.90 Å². The summed E-state index contributed by atoms with van der Waals surface area (Å²) in [7, 11) is 0. The number of anilines is 1. The second-order valence-corrected chi connectivity index (χ2v) is 3.54. The Labute approximate surface area is 100 Å². The minimum Gasteiger partial charge on any atom is -0.369 e. The van der Waals surface area contributed by atoms with Gasteiger partial charge < -0.3 is 5.11 Å². The van der Waals surface area contributed by atoms with Gasteiger partial charge in [0.2, 0.25) is 0 Å². The molecule has 0 bridgehead atoms. The number of aliphatic hydroxyl groups excluding tert-OH is 1. The molecule has 1 aliphatic heterocycles. The number of nitrogens with zero attached hydrogens (tertiary/aromatic N) is 2. The van der Waals surface area contributed by atoms with Crippen LogP contribution in [0.25, 0.3) is 0 Å². The van der Waals surface area contributed by atoms with Gasteiger partial charge in [0.05, 0.1) is 0 Å². The van der Waals surface area contributed by atoms with E-state index >= 15 is 0 Å². The van der Waals surface area contributed by atoms with Gasteiger partial charge in [-0.3, -0.25) is 9.69 Å². The SMILES string of the molecule is CC1=C(C)C(O)N(c2ccccn2)C1=O.Cl. The highest BCUT2D eigenvalue weighted by atomic mass is 35.5. The molecule has 1 atom stereocenters. The molecule has 0 radical (unpaired) electrons. The zero-order valence-electron chi connectivity index (χ0n) is 9.04. The Morgan fingerprint density at radius 1 is 1.38 bits per heavy atom. The van der Waals surface area contributed by atoms with E-state index in [1.54, 1.807) is 38.2 Å². The van der Waals surface area contributed by atoms with E-state index in [1.165, 1.54) is 4.90 Å². The Balaban J connectivity index is 0.00000128. The van der Waals surface area contributed by atoms with Crippen LogP contribution in [0.4, 0.5) is 5.82 Å². The predicted molar refractivity (Wildman–Crippen MR) is 63.4 cm³/mol. The lowest BCUT2D eigenvalue weighted by Gasteiger charge is -2.20. The Bertz CT molecular complexity index is 431. The van der Waals surface area contributed by atoms with Gasteiger partial charge in [0.25, 0.3) is 5.91 Å². The van der Waals surface area contributed by atoms with E-state index in [2.05, 4.69) is 4.98 Å². The zero-order chi connectivity index (χ0) is 11.0. The Hall–Kier alpha value is -1.39. The lowest BCUT2D eigenvalue weighted by Crippen LogP contribution is -2.35. The minimum atomic E-state index is -0.882. The van der Waals surface area contributed by atoms with Crippen LogP contribution in [0.2, 0.25) is 0 Å². The van der Waals surface area contributed by atoms with Crippen LogP contribution < -0.4 is 4.90 Å². The van der Waals surface area contributed by atoms with E-state index in [0.29, 0.717) is 17.0 Å². The number of aliphatic hydroxyl groups is 1. The number of hydrogen-bond acceptors (Lipinski definition) is 3. The molecule has 2 heterocycles. The first-order valence-corrected chi connectivity index (χ1v) is 4.73. The van der Waals surface area contributed by atoms with Gasteiger partial charge in [-0.25, -0.2) is 4.98 Å². The average molecular weight is 241 g/mol. The van der Waals surface area contributed by atoms with E-state index < -0.39 is 6.23 Å². The molecule has 1 aromatic rings. The van der Waals surface area contributed by atoms with Gasteiger partial charge in [-0.1, -0.05) is 6.07 Å². The molecule has 1 aromatic heterocycles. The third kappa shape index (κ3) is 1.81. The van der Waals surface area contributed by atoms with Crippen LogP contribution in [0.3, 0.4) is 0 Å². The molecule has 1 aliphatic rings. The first-order valence-electron chi connectivity index (χ1n) is 4.73. The summed E-state index contributed by atoms with van der Waals surface area (Å²) in [6.45, 7) is 3.46. The maximum Gasteiger partial charge on any atom is 0.257 e. The highest BCUT2D eigenvalue weighted by molar-refractivity contribution is 6.08. The number of rotatable bonds is 1. The molecule has 4 nitrogen and oxygen atoms in total. The first-order chi connectivity index (χ1) is 7.13. The fraction of sp³-hybridized carbons (Fsp3) is 0.273. The van der Waals surface area contributed by atoms with Crippen molar-refractivity contribution in [2.24, 2.45) is 0 Å². The van der Waals surface area contributed by atoms with Crippen molar-refractivity contribution in [3.05, 3.63) is 35.5 Å².